The molecule has 0 saturated heterocycles. The minimum Gasteiger partial charge on any atom is -0.481 e. The van der Waals surface area contributed by atoms with Crippen LogP contribution in [0, 0.1) is 17.3 Å². The van der Waals surface area contributed by atoms with Gasteiger partial charge in [0.1, 0.15) is 0 Å². The summed E-state index contributed by atoms with van der Waals surface area (Å²) in [6.45, 7) is 8.67. The molecule has 0 spiro atoms. The Hall–Kier alpha value is -1.10. The molecule has 1 amide bonds. The van der Waals surface area contributed by atoms with Gasteiger partial charge < -0.3 is 15.2 Å². The molecule has 0 bridgehead atoms. The lowest BCUT2D eigenvalue weighted by atomic mass is 9.67. The van der Waals surface area contributed by atoms with E-state index in [0.717, 1.165) is 12.8 Å². The van der Waals surface area contributed by atoms with Crippen molar-refractivity contribution in [3.05, 3.63) is 0 Å². The van der Waals surface area contributed by atoms with E-state index in [4.69, 9.17) is 9.84 Å². The Morgan fingerprint density at radius 2 is 2.00 bits per heavy atom. The largest absolute Gasteiger partial charge is 0.481 e. The zero-order valence-corrected chi connectivity index (χ0v) is 14.6. The minimum atomic E-state index is -0.938. The monoisotopic (exact) mass is 313 g/mol. The fourth-order valence-corrected chi connectivity index (χ4v) is 4.13. The normalized spacial score (nSPS) is 27.0. The van der Waals surface area contributed by atoms with Gasteiger partial charge in [0.05, 0.1) is 18.6 Å². The van der Waals surface area contributed by atoms with Crippen molar-refractivity contribution in [2.45, 2.75) is 65.3 Å². The van der Waals surface area contributed by atoms with Crippen molar-refractivity contribution < 1.29 is 19.4 Å². The Kier molecular flexibility index (Phi) is 6.41. The standard InChI is InChI=1S/C17H31NO4/c1-12-6-13(9-16(2,3)8-12)7-14(19)18-17(4,11-22-5)10-15(20)21/h12-13H,6-11H2,1-5H3,(H,18,19)(H,20,21). The van der Waals surface area contributed by atoms with Crippen molar-refractivity contribution in [2.24, 2.45) is 17.3 Å². The van der Waals surface area contributed by atoms with Gasteiger partial charge >= 0.3 is 5.97 Å². The maximum Gasteiger partial charge on any atom is 0.305 e. The van der Waals surface area contributed by atoms with Crippen molar-refractivity contribution in [2.75, 3.05) is 13.7 Å². The summed E-state index contributed by atoms with van der Waals surface area (Å²) in [5.41, 5.74) is -0.576. The molecule has 1 saturated carbocycles. The number of aliphatic carboxylic acids is 1. The number of carboxylic acid groups (broad SMARTS) is 1. The van der Waals surface area contributed by atoms with Gasteiger partial charge in [-0.3, -0.25) is 9.59 Å². The Labute approximate surface area is 133 Å². The molecule has 1 aliphatic rings. The number of amides is 1. The number of carbonyl (C=O) groups is 2. The number of carboxylic acids is 1. The summed E-state index contributed by atoms with van der Waals surface area (Å²) in [5.74, 6) is -0.00993. The van der Waals surface area contributed by atoms with Crippen LogP contribution in [0.1, 0.15) is 59.8 Å². The summed E-state index contributed by atoms with van der Waals surface area (Å²) in [5, 5.41) is 11.9. The molecule has 0 aromatic heterocycles. The van der Waals surface area contributed by atoms with E-state index >= 15 is 0 Å². The topological polar surface area (TPSA) is 75.6 Å². The Morgan fingerprint density at radius 3 is 2.50 bits per heavy atom. The first kappa shape index (κ1) is 18.9. The highest BCUT2D eigenvalue weighted by Gasteiger charge is 2.35. The summed E-state index contributed by atoms with van der Waals surface area (Å²) in [7, 11) is 1.51. The molecular weight excluding hydrogens is 282 g/mol. The molecule has 5 nitrogen and oxygen atoms in total. The highest BCUT2D eigenvalue weighted by molar-refractivity contribution is 5.78. The molecule has 5 heteroatoms. The van der Waals surface area contributed by atoms with Crippen LogP contribution < -0.4 is 5.32 Å². The molecule has 0 aliphatic heterocycles. The van der Waals surface area contributed by atoms with Crippen LogP contribution in [-0.2, 0) is 14.3 Å². The van der Waals surface area contributed by atoms with E-state index in [1.165, 1.54) is 13.5 Å². The summed E-state index contributed by atoms with van der Waals surface area (Å²) in [4.78, 5) is 23.3. The highest BCUT2D eigenvalue weighted by atomic mass is 16.5. The van der Waals surface area contributed by atoms with Crippen LogP contribution in [0.25, 0.3) is 0 Å². The second-order valence-corrected chi connectivity index (χ2v) is 8.10. The molecule has 2 N–H and O–H groups in total. The zero-order chi connectivity index (χ0) is 17.0. The third kappa shape index (κ3) is 6.34. The molecule has 128 valence electrons. The number of methoxy groups -OCH3 is 1. The molecule has 0 heterocycles. The summed E-state index contributed by atoms with van der Waals surface area (Å²) in [6.07, 6.45) is 3.64. The van der Waals surface area contributed by atoms with Gasteiger partial charge in [-0.2, -0.15) is 0 Å². The lowest BCUT2D eigenvalue weighted by molar-refractivity contribution is -0.139. The third-order valence-electron chi connectivity index (χ3n) is 4.40. The number of hydrogen-bond donors (Lipinski definition) is 2. The van der Waals surface area contributed by atoms with Crippen LogP contribution in [0.4, 0.5) is 0 Å². The molecule has 0 aromatic rings. The first-order valence-electron chi connectivity index (χ1n) is 8.07. The third-order valence-corrected chi connectivity index (χ3v) is 4.40. The van der Waals surface area contributed by atoms with Crippen LogP contribution >= 0.6 is 0 Å². The van der Waals surface area contributed by atoms with E-state index in [-0.39, 0.29) is 24.3 Å². The quantitative estimate of drug-likeness (QED) is 0.758. The maximum atomic E-state index is 12.3. The van der Waals surface area contributed by atoms with Crippen molar-refractivity contribution in [1.29, 1.82) is 0 Å². The van der Waals surface area contributed by atoms with Crippen molar-refractivity contribution in [1.82, 2.24) is 5.32 Å². The second-order valence-electron chi connectivity index (χ2n) is 8.10. The summed E-state index contributed by atoms with van der Waals surface area (Å²) < 4.78 is 5.07. The van der Waals surface area contributed by atoms with E-state index in [1.54, 1.807) is 6.92 Å². The molecular formula is C17H31NO4. The van der Waals surface area contributed by atoms with E-state index in [9.17, 15) is 9.59 Å². The molecule has 1 fully saturated rings. The number of carbonyl (C=O) groups excluding carboxylic acids is 1. The van der Waals surface area contributed by atoms with Gasteiger partial charge in [0, 0.05) is 13.5 Å². The molecule has 0 radical (unpaired) electrons. The first-order valence-corrected chi connectivity index (χ1v) is 8.07. The Morgan fingerprint density at radius 1 is 1.36 bits per heavy atom. The van der Waals surface area contributed by atoms with E-state index < -0.39 is 11.5 Å². The average Bonchev–Trinajstić information content (AvgIpc) is 2.22. The van der Waals surface area contributed by atoms with Crippen LogP contribution in [0.2, 0.25) is 0 Å². The predicted molar refractivity (Wildman–Crippen MR) is 85.6 cm³/mol. The number of hydrogen-bond acceptors (Lipinski definition) is 3. The van der Waals surface area contributed by atoms with E-state index in [2.05, 4.69) is 26.1 Å². The van der Waals surface area contributed by atoms with Crippen molar-refractivity contribution in [3.63, 3.8) is 0 Å². The lowest BCUT2D eigenvalue weighted by Gasteiger charge is -2.39. The van der Waals surface area contributed by atoms with Gasteiger partial charge in [-0.1, -0.05) is 20.8 Å². The van der Waals surface area contributed by atoms with Gasteiger partial charge in [0.15, 0.2) is 0 Å². The number of ether oxygens (including phenoxy) is 1. The molecule has 3 atom stereocenters. The molecule has 1 rings (SSSR count). The number of nitrogens with one attached hydrogen (secondary N) is 1. The second kappa shape index (κ2) is 7.44. The van der Waals surface area contributed by atoms with Crippen LogP contribution in [-0.4, -0.2) is 36.2 Å². The van der Waals surface area contributed by atoms with Gasteiger partial charge in [0.25, 0.3) is 0 Å². The lowest BCUT2D eigenvalue weighted by Crippen LogP contribution is -2.51. The maximum absolute atomic E-state index is 12.3. The van der Waals surface area contributed by atoms with Gasteiger partial charge in [-0.05, 0) is 43.4 Å². The zero-order valence-electron chi connectivity index (χ0n) is 14.6. The van der Waals surface area contributed by atoms with Crippen LogP contribution in [0.5, 0.6) is 0 Å². The Balaban J connectivity index is 2.61. The van der Waals surface area contributed by atoms with Gasteiger partial charge in [0.2, 0.25) is 5.91 Å². The molecule has 1 aliphatic carbocycles. The fraction of sp³-hybridized carbons (Fsp3) is 0.882. The smallest absolute Gasteiger partial charge is 0.305 e. The summed E-state index contributed by atoms with van der Waals surface area (Å²) >= 11 is 0. The number of rotatable bonds is 7. The molecule has 3 unspecified atom stereocenters. The van der Waals surface area contributed by atoms with Crippen molar-refractivity contribution >= 4 is 11.9 Å². The minimum absolute atomic E-state index is 0.0734. The highest BCUT2D eigenvalue weighted by Crippen LogP contribution is 2.42. The summed E-state index contributed by atoms with van der Waals surface area (Å²) in [6, 6.07) is 0. The van der Waals surface area contributed by atoms with Gasteiger partial charge in [-0.15, -0.1) is 0 Å². The SMILES string of the molecule is COCC(C)(CC(=O)O)NC(=O)CC1CC(C)CC(C)(C)C1. The van der Waals surface area contributed by atoms with Crippen molar-refractivity contribution in [3.8, 4) is 0 Å². The van der Waals surface area contributed by atoms with E-state index in [1.807, 2.05) is 0 Å². The van der Waals surface area contributed by atoms with Crippen LogP contribution in [0.15, 0.2) is 0 Å². The molecule has 22 heavy (non-hydrogen) atoms. The van der Waals surface area contributed by atoms with Gasteiger partial charge in [-0.25, -0.2) is 0 Å². The predicted octanol–water partition coefficient (Wildman–Crippen LogP) is 2.83. The Bertz CT molecular complexity index is 407. The average molecular weight is 313 g/mol. The first-order chi connectivity index (χ1) is 10.1. The fourth-order valence-electron chi connectivity index (χ4n) is 4.13. The molecule has 0 aromatic carbocycles. The van der Waals surface area contributed by atoms with Crippen LogP contribution in [0.3, 0.4) is 0 Å². The van der Waals surface area contributed by atoms with E-state index in [0.29, 0.717) is 18.3 Å².